The molecule has 0 radical (unpaired) electrons. The Kier molecular flexibility index (Phi) is 8.83. The number of fused-ring (bicyclic) bond motifs is 3. The predicted molar refractivity (Wildman–Crippen MR) is 163 cm³/mol. The second kappa shape index (κ2) is 12.2. The molecule has 7 nitrogen and oxygen atoms in total. The zero-order valence-electron chi connectivity index (χ0n) is 23.4. The summed E-state index contributed by atoms with van der Waals surface area (Å²) >= 11 is 6.37. The number of benzene rings is 2. The van der Waals surface area contributed by atoms with E-state index >= 15 is 0 Å². The number of sulfonamides is 1. The molecule has 2 aliphatic carbocycles. The van der Waals surface area contributed by atoms with Crippen molar-refractivity contribution in [3.8, 4) is 5.75 Å². The molecule has 0 aromatic heterocycles. The van der Waals surface area contributed by atoms with Gasteiger partial charge in [-0.2, -0.15) is 0 Å². The van der Waals surface area contributed by atoms with E-state index in [2.05, 4.69) is 34.9 Å². The molecule has 220 valence electrons. The fourth-order valence-corrected chi connectivity index (χ4v) is 7.75. The van der Waals surface area contributed by atoms with Gasteiger partial charge in [-0.3, -0.25) is 4.79 Å². The molecule has 0 bridgehead atoms. The first-order valence-corrected chi connectivity index (χ1v) is 16.4. The summed E-state index contributed by atoms with van der Waals surface area (Å²) in [4.78, 5) is 15.3. The maximum absolute atomic E-state index is 13.0. The summed E-state index contributed by atoms with van der Waals surface area (Å²) in [7, 11) is -3.82. The van der Waals surface area contributed by atoms with Crippen LogP contribution < -0.4 is 14.4 Å². The molecular formula is C32H39ClN2O5S. The lowest BCUT2D eigenvalue weighted by atomic mass is 9.68. The number of nitrogens with one attached hydrogen (secondary N) is 1. The Morgan fingerprint density at radius 1 is 1.20 bits per heavy atom. The van der Waals surface area contributed by atoms with Crippen molar-refractivity contribution in [2.75, 3.05) is 30.3 Å². The molecule has 4 atom stereocenters. The van der Waals surface area contributed by atoms with Crippen LogP contribution >= 0.6 is 11.6 Å². The van der Waals surface area contributed by atoms with Gasteiger partial charge in [0.15, 0.2) is 0 Å². The predicted octanol–water partition coefficient (Wildman–Crippen LogP) is 5.41. The minimum atomic E-state index is -3.82. The highest BCUT2D eigenvalue weighted by molar-refractivity contribution is 7.90. The van der Waals surface area contributed by atoms with Crippen LogP contribution in [0.3, 0.4) is 0 Å². The Morgan fingerprint density at radius 2 is 2.00 bits per heavy atom. The quantitative estimate of drug-likeness (QED) is 0.355. The summed E-state index contributed by atoms with van der Waals surface area (Å²) in [5.74, 6) is 0.444. The molecule has 1 saturated carbocycles. The van der Waals surface area contributed by atoms with Crippen molar-refractivity contribution in [2.24, 2.45) is 11.8 Å². The Hall–Kier alpha value is -2.81. The van der Waals surface area contributed by atoms with Crippen molar-refractivity contribution < 1.29 is 23.1 Å². The molecule has 0 saturated heterocycles. The average molecular weight is 599 g/mol. The summed E-state index contributed by atoms with van der Waals surface area (Å²) < 4.78 is 33.2. The Balaban J connectivity index is 1.49. The SMILES string of the molecule is C=CC[C@H](O)C[C@@H]1CC[C@H]1CN1CC2(CCCc3cc(Cl)ccc32)COc2ccc(C(=O)NS(=O)(=O)CC=C)cc21. The third-order valence-electron chi connectivity index (χ3n) is 8.93. The van der Waals surface area contributed by atoms with Crippen molar-refractivity contribution in [3.63, 3.8) is 0 Å². The van der Waals surface area contributed by atoms with E-state index in [1.165, 1.54) is 17.2 Å². The zero-order valence-corrected chi connectivity index (χ0v) is 24.9. The zero-order chi connectivity index (χ0) is 29.2. The third-order valence-corrected chi connectivity index (χ3v) is 10.3. The normalized spacial score (nSPS) is 24.2. The summed E-state index contributed by atoms with van der Waals surface area (Å²) in [5, 5.41) is 11.2. The van der Waals surface area contributed by atoms with Gasteiger partial charge in [0, 0.05) is 29.1 Å². The van der Waals surface area contributed by atoms with E-state index in [1.807, 2.05) is 6.07 Å². The molecular weight excluding hydrogens is 560 g/mol. The monoisotopic (exact) mass is 598 g/mol. The van der Waals surface area contributed by atoms with Crippen LogP contribution in [0.1, 0.15) is 60.0 Å². The van der Waals surface area contributed by atoms with Gasteiger partial charge in [0.25, 0.3) is 5.91 Å². The van der Waals surface area contributed by atoms with Crippen molar-refractivity contribution in [3.05, 3.63) is 83.4 Å². The number of amides is 1. The number of nitrogens with zero attached hydrogens (tertiary/aromatic N) is 1. The van der Waals surface area contributed by atoms with Gasteiger partial charge in [-0.15, -0.1) is 13.2 Å². The lowest BCUT2D eigenvalue weighted by Gasteiger charge is -2.45. The summed E-state index contributed by atoms with van der Waals surface area (Å²) in [6, 6.07) is 11.3. The van der Waals surface area contributed by atoms with E-state index < -0.39 is 22.0 Å². The second-order valence-corrected chi connectivity index (χ2v) is 14.0. The van der Waals surface area contributed by atoms with Crippen LogP contribution in [0, 0.1) is 11.8 Å². The van der Waals surface area contributed by atoms with E-state index in [0.29, 0.717) is 37.2 Å². The molecule has 9 heteroatoms. The standard InChI is InChI=1S/C32H39ClN2O5S/c1-3-6-27(36)17-22-8-9-25(22)19-35-20-32(14-5-7-23-16-26(33)11-12-28(23)32)21-40-30-13-10-24(18-29(30)35)31(37)34-41(38,39)15-4-2/h3-4,10-13,16,18,22,25,27,36H,1-2,5-9,14-15,17,19-21H2,(H,34,37)/t22-,25-,27-,32?/m0/s1. The van der Waals surface area contributed by atoms with E-state index in [9.17, 15) is 18.3 Å². The van der Waals surface area contributed by atoms with Crippen LogP contribution in [-0.2, 0) is 21.9 Å². The van der Waals surface area contributed by atoms with Crippen molar-refractivity contribution in [1.29, 1.82) is 0 Å². The molecule has 2 aromatic rings. The summed E-state index contributed by atoms with van der Waals surface area (Å²) in [6.45, 7) is 9.18. The van der Waals surface area contributed by atoms with Crippen molar-refractivity contribution >= 4 is 33.2 Å². The van der Waals surface area contributed by atoms with Gasteiger partial charge in [0.05, 0.1) is 24.2 Å². The highest BCUT2D eigenvalue weighted by atomic mass is 35.5. The van der Waals surface area contributed by atoms with Gasteiger partial charge in [-0.05, 0) is 98.2 Å². The molecule has 5 rings (SSSR count). The number of rotatable bonds is 10. The lowest BCUT2D eigenvalue weighted by Crippen LogP contribution is -2.48. The Labute approximate surface area is 248 Å². The van der Waals surface area contributed by atoms with Crippen LogP contribution in [0.2, 0.25) is 5.02 Å². The number of halogens is 1. The second-order valence-electron chi connectivity index (χ2n) is 11.8. The maximum atomic E-state index is 13.0. The Bertz CT molecular complexity index is 1430. The number of hydrogen-bond acceptors (Lipinski definition) is 6. The van der Waals surface area contributed by atoms with Crippen LogP contribution in [-0.4, -0.2) is 51.0 Å². The van der Waals surface area contributed by atoms with Crippen LogP contribution in [0.25, 0.3) is 0 Å². The number of carbonyl (C=O) groups excluding carboxylic acids is 1. The largest absolute Gasteiger partial charge is 0.490 e. The molecule has 3 aliphatic rings. The van der Waals surface area contributed by atoms with Crippen LogP contribution in [0.15, 0.2) is 61.7 Å². The number of anilines is 1. The number of hydrogen-bond donors (Lipinski definition) is 2. The summed E-state index contributed by atoms with van der Waals surface area (Å²) in [5.41, 5.74) is 3.29. The highest BCUT2D eigenvalue weighted by Gasteiger charge is 2.43. The number of carbonyl (C=O) groups is 1. The molecule has 1 amide bonds. The number of aliphatic hydroxyl groups excluding tert-OH is 1. The molecule has 41 heavy (non-hydrogen) atoms. The molecule has 1 unspecified atom stereocenters. The molecule has 1 fully saturated rings. The number of ether oxygens (including phenoxy) is 1. The van der Waals surface area contributed by atoms with Gasteiger partial charge in [0.1, 0.15) is 5.75 Å². The van der Waals surface area contributed by atoms with Gasteiger partial charge in [-0.1, -0.05) is 29.8 Å². The molecule has 1 aliphatic heterocycles. The van der Waals surface area contributed by atoms with E-state index in [4.69, 9.17) is 16.3 Å². The van der Waals surface area contributed by atoms with E-state index in [1.54, 1.807) is 24.3 Å². The first-order valence-electron chi connectivity index (χ1n) is 14.4. The molecule has 1 heterocycles. The van der Waals surface area contributed by atoms with Crippen molar-refractivity contribution in [2.45, 2.75) is 56.5 Å². The lowest BCUT2D eigenvalue weighted by molar-refractivity contribution is 0.0801. The van der Waals surface area contributed by atoms with Gasteiger partial charge in [0.2, 0.25) is 10.0 Å². The molecule has 2 N–H and O–H groups in total. The minimum Gasteiger partial charge on any atom is -0.490 e. The molecule has 1 spiro atoms. The van der Waals surface area contributed by atoms with Crippen molar-refractivity contribution in [1.82, 2.24) is 4.72 Å². The Morgan fingerprint density at radius 3 is 2.73 bits per heavy atom. The first kappa shape index (κ1) is 29.7. The van der Waals surface area contributed by atoms with Gasteiger partial charge < -0.3 is 14.7 Å². The van der Waals surface area contributed by atoms with Gasteiger partial charge >= 0.3 is 0 Å². The number of aryl methyl sites for hydroxylation is 1. The summed E-state index contributed by atoms with van der Waals surface area (Å²) in [6.07, 6.45) is 9.04. The topological polar surface area (TPSA) is 95.9 Å². The van der Waals surface area contributed by atoms with Crippen LogP contribution in [0.4, 0.5) is 5.69 Å². The van der Waals surface area contributed by atoms with E-state index in [0.717, 1.165) is 55.8 Å². The smallest absolute Gasteiger partial charge is 0.264 e. The molecule has 2 aromatic carbocycles. The fourth-order valence-electron chi connectivity index (χ4n) is 6.76. The third kappa shape index (κ3) is 6.50. The average Bonchev–Trinajstić information content (AvgIpc) is 3.06. The minimum absolute atomic E-state index is 0.253. The number of aliphatic hydroxyl groups is 1. The van der Waals surface area contributed by atoms with E-state index in [-0.39, 0.29) is 16.7 Å². The van der Waals surface area contributed by atoms with Crippen LogP contribution in [0.5, 0.6) is 5.75 Å². The van der Waals surface area contributed by atoms with Gasteiger partial charge in [-0.25, -0.2) is 13.1 Å². The first-order chi connectivity index (χ1) is 19.6. The maximum Gasteiger partial charge on any atom is 0.264 e. The fraction of sp³-hybridized carbons (Fsp3) is 0.469. The highest BCUT2D eigenvalue weighted by Crippen LogP contribution is 2.46.